The molecular formula is C18H21ClN4O2S. The Labute approximate surface area is 162 Å². The molecule has 1 aromatic carbocycles. The van der Waals surface area contributed by atoms with E-state index in [1.165, 1.54) is 18.7 Å². The second-order valence-corrected chi connectivity index (χ2v) is 6.99. The van der Waals surface area contributed by atoms with Gasteiger partial charge in [0.05, 0.1) is 11.4 Å². The van der Waals surface area contributed by atoms with Crippen LogP contribution in [0.3, 0.4) is 0 Å². The number of amides is 2. The van der Waals surface area contributed by atoms with Gasteiger partial charge in [-0.1, -0.05) is 23.4 Å². The van der Waals surface area contributed by atoms with Crippen molar-refractivity contribution in [2.24, 2.45) is 0 Å². The summed E-state index contributed by atoms with van der Waals surface area (Å²) in [6, 6.07) is 4.92. The lowest BCUT2D eigenvalue weighted by Crippen LogP contribution is -2.16. The molecule has 0 aliphatic heterocycles. The van der Waals surface area contributed by atoms with Crippen LogP contribution in [0.25, 0.3) is 0 Å². The van der Waals surface area contributed by atoms with Crippen molar-refractivity contribution in [3.05, 3.63) is 40.2 Å². The molecule has 0 saturated heterocycles. The van der Waals surface area contributed by atoms with Gasteiger partial charge in [0.2, 0.25) is 11.8 Å². The van der Waals surface area contributed by atoms with Crippen molar-refractivity contribution in [1.82, 2.24) is 9.97 Å². The van der Waals surface area contributed by atoms with Crippen molar-refractivity contribution in [1.29, 1.82) is 0 Å². The quantitative estimate of drug-likeness (QED) is 0.573. The van der Waals surface area contributed by atoms with E-state index >= 15 is 0 Å². The Morgan fingerprint density at radius 3 is 2.35 bits per heavy atom. The summed E-state index contributed by atoms with van der Waals surface area (Å²) in [5.41, 5.74) is 3.73. The number of carbonyl (C=O) groups excluding carboxylic acids is 2. The van der Waals surface area contributed by atoms with E-state index in [0.717, 1.165) is 22.1 Å². The second kappa shape index (κ2) is 9.00. The van der Waals surface area contributed by atoms with Crippen molar-refractivity contribution in [2.45, 2.75) is 38.8 Å². The van der Waals surface area contributed by atoms with E-state index in [9.17, 15) is 9.59 Å². The maximum atomic E-state index is 12.4. The smallest absolute Gasteiger partial charge is 0.224 e. The SMILES string of the molecule is CSc1nc(C)c(CCC(=O)Nc2cc(Cl)ccc2NC(C)=O)c(C)n1. The molecule has 2 aromatic rings. The summed E-state index contributed by atoms with van der Waals surface area (Å²) >= 11 is 7.49. The van der Waals surface area contributed by atoms with Crippen LogP contribution in [0.1, 0.15) is 30.3 Å². The average Bonchev–Trinajstić information content (AvgIpc) is 2.56. The Hall–Kier alpha value is -2.12. The van der Waals surface area contributed by atoms with Crippen molar-refractivity contribution in [3.63, 3.8) is 0 Å². The van der Waals surface area contributed by atoms with E-state index in [2.05, 4.69) is 20.6 Å². The van der Waals surface area contributed by atoms with Crippen LogP contribution >= 0.6 is 23.4 Å². The van der Waals surface area contributed by atoms with Gasteiger partial charge in [-0.3, -0.25) is 9.59 Å². The predicted octanol–water partition coefficient (Wildman–Crippen LogP) is 4.00. The van der Waals surface area contributed by atoms with Gasteiger partial charge in [-0.25, -0.2) is 9.97 Å². The molecule has 0 fully saturated rings. The first-order valence-electron chi connectivity index (χ1n) is 8.05. The number of nitrogens with zero attached hydrogens (tertiary/aromatic N) is 2. The monoisotopic (exact) mass is 392 g/mol. The van der Waals surface area contributed by atoms with Crippen LogP contribution in [0, 0.1) is 13.8 Å². The fraction of sp³-hybridized carbons (Fsp3) is 0.333. The number of benzene rings is 1. The molecule has 0 bridgehead atoms. The number of hydrogen-bond acceptors (Lipinski definition) is 5. The van der Waals surface area contributed by atoms with Gasteiger partial charge in [0.25, 0.3) is 0 Å². The molecule has 0 radical (unpaired) electrons. The molecule has 0 saturated carbocycles. The summed E-state index contributed by atoms with van der Waals surface area (Å²) < 4.78 is 0. The fourth-order valence-electron chi connectivity index (χ4n) is 2.53. The molecule has 26 heavy (non-hydrogen) atoms. The van der Waals surface area contributed by atoms with E-state index < -0.39 is 0 Å². The lowest BCUT2D eigenvalue weighted by Gasteiger charge is -2.13. The fourth-order valence-corrected chi connectivity index (χ4v) is 3.16. The third-order valence-corrected chi connectivity index (χ3v) is 4.53. The topological polar surface area (TPSA) is 84.0 Å². The maximum Gasteiger partial charge on any atom is 0.224 e. The first-order valence-corrected chi connectivity index (χ1v) is 9.65. The van der Waals surface area contributed by atoms with E-state index in [0.29, 0.717) is 22.8 Å². The standard InChI is InChI=1S/C18H21ClN4O2S/c1-10-14(11(2)21-18(20-10)26-4)6-8-17(25)23-16-9-13(19)5-7-15(16)22-12(3)24/h5,7,9H,6,8H2,1-4H3,(H,22,24)(H,23,25). The summed E-state index contributed by atoms with van der Waals surface area (Å²) in [6.45, 7) is 5.25. The minimum absolute atomic E-state index is 0.174. The third-order valence-electron chi connectivity index (χ3n) is 3.75. The van der Waals surface area contributed by atoms with Gasteiger partial charge in [0.1, 0.15) is 0 Å². The van der Waals surface area contributed by atoms with E-state index in [1.54, 1.807) is 18.2 Å². The highest BCUT2D eigenvalue weighted by Crippen LogP contribution is 2.26. The molecule has 138 valence electrons. The molecule has 2 amide bonds. The van der Waals surface area contributed by atoms with Gasteiger partial charge < -0.3 is 10.6 Å². The highest BCUT2D eigenvalue weighted by molar-refractivity contribution is 7.98. The molecule has 1 heterocycles. The Morgan fingerprint density at radius 1 is 1.12 bits per heavy atom. The van der Waals surface area contributed by atoms with Gasteiger partial charge in [-0.05, 0) is 50.3 Å². The molecule has 0 atom stereocenters. The number of aryl methyl sites for hydroxylation is 2. The van der Waals surface area contributed by atoms with Crippen molar-refractivity contribution in [3.8, 4) is 0 Å². The number of nitrogens with one attached hydrogen (secondary N) is 2. The molecule has 1 aromatic heterocycles. The summed E-state index contributed by atoms with van der Waals surface area (Å²) in [6.07, 6.45) is 2.74. The van der Waals surface area contributed by atoms with Gasteiger partial charge >= 0.3 is 0 Å². The predicted molar refractivity (Wildman–Crippen MR) is 106 cm³/mol. The van der Waals surface area contributed by atoms with E-state index in [-0.39, 0.29) is 18.2 Å². The van der Waals surface area contributed by atoms with Crippen LogP contribution in [0.15, 0.2) is 23.4 Å². The lowest BCUT2D eigenvalue weighted by molar-refractivity contribution is -0.116. The zero-order valence-electron chi connectivity index (χ0n) is 15.1. The number of anilines is 2. The molecule has 0 spiro atoms. The average molecular weight is 393 g/mol. The zero-order chi connectivity index (χ0) is 19.3. The van der Waals surface area contributed by atoms with Crippen LogP contribution < -0.4 is 10.6 Å². The Kier molecular flexibility index (Phi) is 6.99. The molecule has 6 nitrogen and oxygen atoms in total. The molecule has 0 unspecified atom stereocenters. The van der Waals surface area contributed by atoms with Gasteiger partial charge in [-0.15, -0.1) is 0 Å². The lowest BCUT2D eigenvalue weighted by atomic mass is 10.1. The third kappa shape index (κ3) is 5.44. The van der Waals surface area contributed by atoms with Crippen molar-refractivity contribution < 1.29 is 9.59 Å². The van der Waals surface area contributed by atoms with E-state index in [1.807, 2.05) is 20.1 Å². The van der Waals surface area contributed by atoms with Gasteiger partial charge in [-0.2, -0.15) is 0 Å². The number of halogens is 1. The molecule has 2 rings (SSSR count). The number of carbonyl (C=O) groups is 2. The number of aromatic nitrogens is 2. The molecular weight excluding hydrogens is 372 g/mol. The van der Waals surface area contributed by atoms with Gasteiger partial charge in [0, 0.05) is 29.8 Å². The van der Waals surface area contributed by atoms with E-state index in [4.69, 9.17) is 11.6 Å². The Bertz CT molecular complexity index is 819. The zero-order valence-corrected chi connectivity index (χ0v) is 16.7. The highest BCUT2D eigenvalue weighted by atomic mass is 35.5. The highest BCUT2D eigenvalue weighted by Gasteiger charge is 2.13. The first kappa shape index (κ1) is 20.2. The number of thioether (sulfide) groups is 1. The van der Waals surface area contributed by atoms with Crippen LogP contribution in [-0.4, -0.2) is 28.0 Å². The molecule has 0 aliphatic rings. The van der Waals surface area contributed by atoms with Crippen LogP contribution in [0.4, 0.5) is 11.4 Å². The van der Waals surface area contributed by atoms with Crippen molar-refractivity contribution in [2.75, 3.05) is 16.9 Å². The first-order chi connectivity index (χ1) is 12.3. The Morgan fingerprint density at radius 2 is 1.77 bits per heavy atom. The van der Waals surface area contributed by atoms with Crippen LogP contribution in [0.2, 0.25) is 5.02 Å². The van der Waals surface area contributed by atoms with Crippen LogP contribution in [-0.2, 0) is 16.0 Å². The van der Waals surface area contributed by atoms with Gasteiger partial charge in [0.15, 0.2) is 5.16 Å². The minimum atomic E-state index is -0.222. The molecule has 0 aliphatic carbocycles. The molecule has 8 heteroatoms. The maximum absolute atomic E-state index is 12.4. The minimum Gasteiger partial charge on any atom is -0.325 e. The molecule has 2 N–H and O–H groups in total. The normalized spacial score (nSPS) is 10.5. The van der Waals surface area contributed by atoms with Crippen molar-refractivity contribution >= 4 is 46.6 Å². The summed E-state index contributed by atoms with van der Waals surface area (Å²) in [7, 11) is 0. The van der Waals surface area contributed by atoms with Crippen LogP contribution in [0.5, 0.6) is 0 Å². The summed E-state index contributed by atoms with van der Waals surface area (Å²) in [5, 5.41) is 6.68. The number of rotatable bonds is 6. The number of hydrogen-bond donors (Lipinski definition) is 2. The Balaban J connectivity index is 2.08. The second-order valence-electron chi connectivity index (χ2n) is 5.78. The summed E-state index contributed by atoms with van der Waals surface area (Å²) in [4.78, 5) is 32.5. The largest absolute Gasteiger partial charge is 0.325 e. The summed E-state index contributed by atoms with van der Waals surface area (Å²) in [5.74, 6) is -0.397.